The number of aliphatic hydroxyl groups is 1. The van der Waals surface area contributed by atoms with Gasteiger partial charge in [0.1, 0.15) is 0 Å². The molecule has 0 aliphatic carbocycles. The molecule has 0 radical (unpaired) electrons. The van der Waals surface area contributed by atoms with Crippen LogP contribution in [0.4, 0.5) is 26.3 Å². The first-order valence-corrected chi connectivity index (χ1v) is 5.25. The van der Waals surface area contributed by atoms with E-state index < -0.39 is 36.6 Å². The van der Waals surface area contributed by atoms with Crippen molar-refractivity contribution in [2.45, 2.75) is 45.8 Å². The first-order valence-electron chi connectivity index (χ1n) is 5.25. The molecule has 1 unspecified atom stereocenters. The summed E-state index contributed by atoms with van der Waals surface area (Å²) in [5, 5.41) is 9.40. The van der Waals surface area contributed by atoms with Crippen LogP contribution in [0.5, 0.6) is 0 Å². The molecule has 0 aliphatic rings. The third-order valence-electron chi connectivity index (χ3n) is 2.79. The van der Waals surface area contributed by atoms with E-state index in [0.717, 1.165) is 0 Å². The van der Waals surface area contributed by atoms with Crippen molar-refractivity contribution in [2.75, 3.05) is 6.61 Å². The molecule has 8 heteroatoms. The van der Waals surface area contributed by atoms with Gasteiger partial charge in [0.25, 0.3) is 0 Å². The standard InChI is InChI=1S/C10H16F6O2/c1-4-8(2,3)7(17)18-5-6(9(11,12)13)10(14,15)16/h6-7,17H,4-5H2,1-3H3. The summed E-state index contributed by atoms with van der Waals surface area (Å²) in [4.78, 5) is 0. The Labute approximate surface area is 101 Å². The van der Waals surface area contributed by atoms with Crippen molar-refractivity contribution in [3.63, 3.8) is 0 Å². The lowest BCUT2D eigenvalue weighted by Gasteiger charge is -2.31. The summed E-state index contributed by atoms with van der Waals surface area (Å²) < 4.78 is 77.3. The summed E-state index contributed by atoms with van der Waals surface area (Å²) in [5.74, 6) is -3.59. The topological polar surface area (TPSA) is 29.5 Å². The van der Waals surface area contributed by atoms with Crippen molar-refractivity contribution in [1.82, 2.24) is 0 Å². The minimum atomic E-state index is -5.45. The number of aliphatic hydroxyl groups excluding tert-OH is 1. The van der Waals surface area contributed by atoms with Crippen LogP contribution in [-0.2, 0) is 4.74 Å². The van der Waals surface area contributed by atoms with Crippen molar-refractivity contribution >= 4 is 0 Å². The zero-order chi connectivity index (χ0) is 14.8. The average Bonchev–Trinajstić information content (AvgIpc) is 2.13. The largest absolute Gasteiger partial charge is 0.402 e. The average molecular weight is 282 g/mol. The highest BCUT2D eigenvalue weighted by Crippen LogP contribution is 2.40. The lowest BCUT2D eigenvalue weighted by atomic mass is 9.89. The highest BCUT2D eigenvalue weighted by Gasteiger charge is 2.57. The van der Waals surface area contributed by atoms with Crippen LogP contribution in [0.1, 0.15) is 27.2 Å². The van der Waals surface area contributed by atoms with Gasteiger partial charge in [-0.15, -0.1) is 0 Å². The van der Waals surface area contributed by atoms with Crippen LogP contribution in [0.3, 0.4) is 0 Å². The Bertz CT molecular complexity index is 244. The molecule has 0 amide bonds. The Morgan fingerprint density at radius 2 is 1.39 bits per heavy atom. The van der Waals surface area contributed by atoms with Gasteiger partial charge in [0.05, 0.1) is 6.61 Å². The second-order valence-corrected chi connectivity index (χ2v) is 4.66. The molecule has 0 spiro atoms. The molecule has 0 aromatic heterocycles. The van der Waals surface area contributed by atoms with Gasteiger partial charge in [0, 0.05) is 5.41 Å². The maximum absolute atomic E-state index is 12.2. The Kier molecular flexibility index (Phi) is 5.49. The number of alkyl halides is 6. The smallest absolute Gasteiger partial charge is 0.368 e. The molecule has 0 rings (SSSR count). The third-order valence-corrected chi connectivity index (χ3v) is 2.79. The summed E-state index contributed by atoms with van der Waals surface area (Å²) in [6.45, 7) is 2.96. The first-order chi connectivity index (χ1) is 7.82. The Hall–Kier alpha value is -0.500. The molecule has 0 bridgehead atoms. The fourth-order valence-electron chi connectivity index (χ4n) is 0.962. The Balaban J connectivity index is 4.66. The molecule has 0 aromatic rings. The molecular weight excluding hydrogens is 266 g/mol. The van der Waals surface area contributed by atoms with Crippen molar-refractivity contribution in [2.24, 2.45) is 11.3 Å². The van der Waals surface area contributed by atoms with Gasteiger partial charge in [0.15, 0.2) is 12.2 Å². The number of hydrogen-bond acceptors (Lipinski definition) is 2. The fourth-order valence-corrected chi connectivity index (χ4v) is 0.962. The molecule has 0 aliphatic heterocycles. The van der Waals surface area contributed by atoms with Crippen molar-refractivity contribution in [3.05, 3.63) is 0 Å². The second-order valence-electron chi connectivity index (χ2n) is 4.66. The maximum atomic E-state index is 12.2. The first kappa shape index (κ1) is 17.5. The van der Waals surface area contributed by atoms with Gasteiger partial charge in [-0.05, 0) is 6.42 Å². The number of ether oxygens (including phenoxy) is 1. The predicted molar refractivity (Wildman–Crippen MR) is 51.6 cm³/mol. The molecule has 0 heterocycles. The molecule has 0 saturated heterocycles. The van der Waals surface area contributed by atoms with Gasteiger partial charge in [-0.25, -0.2) is 0 Å². The number of hydrogen-bond donors (Lipinski definition) is 1. The van der Waals surface area contributed by atoms with E-state index in [9.17, 15) is 31.4 Å². The summed E-state index contributed by atoms with van der Waals surface area (Å²) in [7, 11) is 0. The third kappa shape index (κ3) is 5.01. The normalized spacial score (nSPS) is 16.2. The zero-order valence-electron chi connectivity index (χ0n) is 10.2. The summed E-state index contributed by atoms with van der Waals surface area (Å²) in [6.07, 6.45) is -12.2. The van der Waals surface area contributed by atoms with Gasteiger partial charge >= 0.3 is 12.4 Å². The van der Waals surface area contributed by atoms with Crippen molar-refractivity contribution in [1.29, 1.82) is 0 Å². The van der Waals surface area contributed by atoms with E-state index >= 15 is 0 Å². The monoisotopic (exact) mass is 282 g/mol. The van der Waals surface area contributed by atoms with Crippen LogP contribution >= 0.6 is 0 Å². The van der Waals surface area contributed by atoms with Crippen LogP contribution in [-0.4, -0.2) is 30.4 Å². The maximum Gasteiger partial charge on any atom is 0.402 e. The molecule has 110 valence electrons. The molecule has 1 N–H and O–H groups in total. The quantitative estimate of drug-likeness (QED) is 0.617. The molecule has 0 saturated carbocycles. The van der Waals surface area contributed by atoms with Crippen molar-refractivity contribution < 1.29 is 36.2 Å². The van der Waals surface area contributed by atoms with Crippen LogP contribution in [0.15, 0.2) is 0 Å². The van der Waals surface area contributed by atoms with E-state index in [1.165, 1.54) is 13.8 Å². The lowest BCUT2D eigenvalue weighted by Crippen LogP contribution is -2.42. The number of rotatable bonds is 5. The van der Waals surface area contributed by atoms with Gasteiger partial charge in [-0.2, -0.15) is 26.3 Å². The zero-order valence-corrected chi connectivity index (χ0v) is 10.2. The fraction of sp³-hybridized carbons (Fsp3) is 1.00. The minimum absolute atomic E-state index is 0.344. The van der Waals surface area contributed by atoms with Crippen LogP contribution in [0.25, 0.3) is 0 Å². The SMILES string of the molecule is CCC(C)(C)C(O)OCC(C(F)(F)F)C(F)(F)F. The lowest BCUT2D eigenvalue weighted by molar-refractivity contribution is -0.307. The van der Waals surface area contributed by atoms with E-state index in [1.54, 1.807) is 6.92 Å². The summed E-state index contributed by atoms with van der Waals surface area (Å²) >= 11 is 0. The molecule has 1 atom stereocenters. The van der Waals surface area contributed by atoms with E-state index in [1.807, 2.05) is 0 Å². The predicted octanol–water partition coefficient (Wildman–Crippen LogP) is 3.50. The van der Waals surface area contributed by atoms with E-state index in [2.05, 4.69) is 4.74 Å². The molecule has 0 aromatic carbocycles. The second kappa shape index (κ2) is 5.64. The van der Waals surface area contributed by atoms with E-state index in [0.29, 0.717) is 6.42 Å². The molecule has 0 fully saturated rings. The van der Waals surface area contributed by atoms with Crippen molar-refractivity contribution in [3.8, 4) is 0 Å². The highest BCUT2D eigenvalue weighted by molar-refractivity contribution is 4.76. The van der Waals surface area contributed by atoms with Gasteiger partial charge in [-0.1, -0.05) is 20.8 Å². The van der Waals surface area contributed by atoms with Crippen LogP contribution in [0, 0.1) is 11.3 Å². The van der Waals surface area contributed by atoms with Gasteiger partial charge in [0.2, 0.25) is 0 Å². The van der Waals surface area contributed by atoms with Crippen LogP contribution < -0.4 is 0 Å². The number of halogens is 6. The molecule has 18 heavy (non-hydrogen) atoms. The van der Waals surface area contributed by atoms with E-state index in [4.69, 9.17) is 0 Å². The van der Waals surface area contributed by atoms with Crippen LogP contribution in [0.2, 0.25) is 0 Å². The van der Waals surface area contributed by atoms with E-state index in [-0.39, 0.29) is 0 Å². The minimum Gasteiger partial charge on any atom is -0.368 e. The Morgan fingerprint density at radius 1 is 1.00 bits per heavy atom. The van der Waals surface area contributed by atoms with Gasteiger partial charge < -0.3 is 9.84 Å². The molecular formula is C10H16F6O2. The van der Waals surface area contributed by atoms with Gasteiger partial charge in [-0.3, -0.25) is 0 Å². The Morgan fingerprint density at radius 3 is 1.67 bits per heavy atom. The summed E-state index contributed by atoms with van der Waals surface area (Å²) in [5.41, 5.74) is -0.915. The molecule has 2 nitrogen and oxygen atoms in total. The highest BCUT2D eigenvalue weighted by atomic mass is 19.4. The summed E-state index contributed by atoms with van der Waals surface area (Å²) in [6, 6.07) is 0.